The first-order valence-corrected chi connectivity index (χ1v) is 10.9. The molecule has 5 rings (SSSR count). The van der Waals surface area contributed by atoms with Gasteiger partial charge in [-0.2, -0.15) is 5.10 Å². The van der Waals surface area contributed by atoms with Crippen LogP contribution in [0.3, 0.4) is 0 Å². The van der Waals surface area contributed by atoms with Gasteiger partial charge in [0.2, 0.25) is 0 Å². The number of methoxy groups -OCH3 is 2. The Bertz CT molecular complexity index is 1520. The fourth-order valence-electron chi connectivity index (χ4n) is 4.13. The summed E-state index contributed by atoms with van der Waals surface area (Å²) in [7, 11) is 2.54. The van der Waals surface area contributed by atoms with Crippen molar-refractivity contribution in [1.29, 1.82) is 0 Å². The highest BCUT2D eigenvalue weighted by molar-refractivity contribution is 6.07. The van der Waals surface area contributed by atoms with Crippen molar-refractivity contribution in [3.8, 4) is 16.9 Å². The van der Waals surface area contributed by atoms with Gasteiger partial charge < -0.3 is 14.0 Å². The molecule has 174 valence electrons. The fraction of sp³-hybridized carbons (Fsp3) is 0.111. The first-order chi connectivity index (χ1) is 17.1. The number of esters is 2. The molecule has 0 spiro atoms. The summed E-state index contributed by atoms with van der Waals surface area (Å²) in [6.07, 6.45) is 5.60. The average Bonchev–Trinajstić information content (AvgIpc) is 3.50. The standard InChI is InChI=1S/C27H22N4O4/c1-34-26(32)23-24(29-31(25(23)27(33)35-2)21-8-4-3-5-9-21)20-10-11-22-19(15-20)12-14-30(22)17-18-7-6-13-28-16-18/h3-16H,17H2,1-2H3. The van der Waals surface area contributed by atoms with Crippen LogP contribution in [0.25, 0.3) is 27.8 Å². The van der Waals surface area contributed by atoms with E-state index in [0.29, 0.717) is 23.5 Å². The number of carbonyl (C=O) groups is 2. The summed E-state index contributed by atoms with van der Waals surface area (Å²) in [4.78, 5) is 29.8. The summed E-state index contributed by atoms with van der Waals surface area (Å²) < 4.78 is 13.6. The number of rotatable bonds is 6. The maximum absolute atomic E-state index is 12.9. The van der Waals surface area contributed by atoms with E-state index >= 15 is 0 Å². The molecule has 5 aromatic rings. The van der Waals surface area contributed by atoms with Crippen LogP contribution < -0.4 is 0 Å². The van der Waals surface area contributed by atoms with Gasteiger partial charge in [-0.3, -0.25) is 4.98 Å². The normalized spacial score (nSPS) is 10.9. The SMILES string of the molecule is COC(=O)c1c(-c2ccc3c(ccn3Cc3cccnc3)c2)nn(-c2ccccc2)c1C(=O)OC. The molecule has 0 atom stereocenters. The summed E-state index contributed by atoms with van der Waals surface area (Å²) in [5.41, 5.74) is 3.80. The maximum atomic E-state index is 12.9. The number of nitrogens with zero attached hydrogens (tertiary/aromatic N) is 4. The van der Waals surface area contributed by atoms with Gasteiger partial charge in [-0.1, -0.05) is 30.3 Å². The molecule has 0 aliphatic rings. The van der Waals surface area contributed by atoms with Crippen LogP contribution in [0.15, 0.2) is 85.3 Å². The third kappa shape index (κ3) is 4.06. The summed E-state index contributed by atoms with van der Waals surface area (Å²) in [5.74, 6) is -1.35. The van der Waals surface area contributed by atoms with E-state index in [4.69, 9.17) is 9.47 Å². The lowest BCUT2D eigenvalue weighted by Crippen LogP contribution is -2.15. The van der Waals surface area contributed by atoms with Gasteiger partial charge >= 0.3 is 11.9 Å². The molecule has 0 aliphatic carbocycles. The quantitative estimate of drug-likeness (QED) is 0.342. The minimum absolute atomic E-state index is 0.00907. The molecular formula is C27H22N4O4. The van der Waals surface area contributed by atoms with E-state index in [9.17, 15) is 9.59 Å². The zero-order valence-electron chi connectivity index (χ0n) is 19.2. The van der Waals surface area contributed by atoms with Crippen LogP contribution in [-0.2, 0) is 16.0 Å². The summed E-state index contributed by atoms with van der Waals surface area (Å²) in [6, 6.07) is 20.8. The smallest absolute Gasteiger partial charge is 0.357 e. The van der Waals surface area contributed by atoms with Crippen LogP contribution in [0.5, 0.6) is 0 Å². The Hall–Kier alpha value is -4.72. The van der Waals surface area contributed by atoms with Crippen molar-refractivity contribution in [1.82, 2.24) is 19.3 Å². The van der Waals surface area contributed by atoms with E-state index in [1.165, 1.54) is 18.9 Å². The van der Waals surface area contributed by atoms with E-state index in [2.05, 4.69) is 14.6 Å². The van der Waals surface area contributed by atoms with Crippen molar-refractivity contribution in [3.05, 3.63) is 102 Å². The highest BCUT2D eigenvalue weighted by Gasteiger charge is 2.31. The second-order valence-electron chi connectivity index (χ2n) is 7.88. The molecular weight excluding hydrogens is 444 g/mol. The van der Waals surface area contributed by atoms with Gasteiger partial charge in [-0.15, -0.1) is 0 Å². The molecule has 0 unspecified atom stereocenters. The van der Waals surface area contributed by atoms with Gasteiger partial charge in [0.05, 0.1) is 19.9 Å². The van der Waals surface area contributed by atoms with Crippen molar-refractivity contribution in [3.63, 3.8) is 0 Å². The molecule has 2 aromatic carbocycles. The van der Waals surface area contributed by atoms with Crippen LogP contribution >= 0.6 is 0 Å². The average molecular weight is 466 g/mol. The van der Waals surface area contributed by atoms with Crippen molar-refractivity contribution >= 4 is 22.8 Å². The Kier molecular flexibility index (Phi) is 5.85. The molecule has 0 radical (unpaired) electrons. The molecule has 8 nitrogen and oxygen atoms in total. The third-order valence-corrected chi connectivity index (χ3v) is 5.77. The fourth-order valence-corrected chi connectivity index (χ4v) is 4.13. The molecule has 0 saturated heterocycles. The van der Waals surface area contributed by atoms with Gasteiger partial charge in [-0.05, 0) is 42.0 Å². The lowest BCUT2D eigenvalue weighted by molar-refractivity contribution is 0.0549. The van der Waals surface area contributed by atoms with E-state index in [0.717, 1.165) is 16.5 Å². The largest absolute Gasteiger partial charge is 0.465 e. The lowest BCUT2D eigenvalue weighted by Gasteiger charge is -2.07. The third-order valence-electron chi connectivity index (χ3n) is 5.77. The Balaban J connectivity index is 1.66. The van der Waals surface area contributed by atoms with Crippen molar-refractivity contribution < 1.29 is 19.1 Å². The maximum Gasteiger partial charge on any atom is 0.357 e. The number of carbonyl (C=O) groups excluding carboxylic acids is 2. The number of ether oxygens (including phenoxy) is 2. The molecule has 3 aromatic heterocycles. The second kappa shape index (κ2) is 9.26. The molecule has 0 aliphatic heterocycles. The monoisotopic (exact) mass is 466 g/mol. The number of hydrogen-bond donors (Lipinski definition) is 0. The van der Waals surface area contributed by atoms with Crippen LogP contribution in [-0.4, -0.2) is 45.5 Å². The predicted octanol–water partition coefficient (Wildman–Crippen LogP) is 4.51. The van der Waals surface area contributed by atoms with Gasteiger partial charge in [0.15, 0.2) is 5.69 Å². The Morgan fingerprint density at radius 1 is 0.914 bits per heavy atom. The Morgan fingerprint density at radius 2 is 1.71 bits per heavy atom. The molecule has 35 heavy (non-hydrogen) atoms. The van der Waals surface area contributed by atoms with Gasteiger partial charge in [0.1, 0.15) is 11.3 Å². The van der Waals surface area contributed by atoms with Gasteiger partial charge in [0.25, 0.3) is 0 Å². The summed E-state index contributed by atoms with van der Waals surface area (Å²) in [5, 5.41) is 5.64. The molecule has 8 heteroatoms. The molecule has 3 heterocycles. The summed E-state index contributed by atoms with van der Waals surface area (Å²) >= 11 is 0. The topological polar surface area (TPSA) is 88.2 Å². The molecule has 0 fully saturated rings. The van der Waals surface area contributed by atoms with Crippen LogP contribution in [0, 0.1) is 0 Å². The highest BCUT2D eigenvalue weighted by Crippen LogP contribution is 2.31. The van der Waals surface area contributed by atoms with Gasteiger partial charge in [0, 0.05) is 41.6 Å². The molecule has 0 N–H and O–H groups in total. The van der Waals surface area contributed by atoms with Crippen LogP contribution in [0.4, 0.5) is 0 Å². The number of para-hydroxylation sites is 1. The highest BCUT2D eigenvalue weighted by atomic mass is 16.5. The van der Waals surface area contributed by atoms with E-state index in [1.54, 1.807) is 18.3 Å². The first kappa shape index (κ1) is 22.1. The predicted molar refractivity (Wildman–Crippen MR) is 131 cm³/mol. The van der Waals surface area contributed by atoms with Crippen LogP contribution in [0.2, 0.25) is 0 Å². The number of aromatic nitrogens is 4. The minimum Gasteiger partial charge on any atom is -0.465 e. The Morgan fingerprint density at radius 3 is 2.43 bits per heavy atom. The molecule has 0 saturated carbocycles. The van der Waals surface area contributed by atoms with Crippen molar-refractivity contribution in [2.24, 2.45) is 0 Å². The van der Waals surface area contributed by atoms with E-state index in [-0.39, 0.29) is 11.3 Å². The van der Waals surface area contributed by atoms with E-state index < -0.39 is 11.9 Å². The minimum atomic E-state index is -0.684. The Labute approximate surface area is 201 Å². The first-order valence-electron chi connectivity index (χ1n) is 10.9. The number of pyridine rings is 1. The molecule has 0 bridgehead atoms. The van der Waals surface area contributed by atoms with Crippen molar-refractivity contribution in [2.45, 2.75) is 6.54 Å². The van der Waals surface area contributed by atoms with E-state index in [1.807, 2.05) is 67.0 Å². The lowest BCUT2D eigenvalue weighted by atomic mass is 10.0. The van der Waals surface area contributed by atoms with Crippen molar-refractivity contribution in [2.75, 3.05) is 14.2 Å². The summed E-state index contributed by atoms with van der Waals surface area (Å²) in [6.45, 7) is 0.680. The zero-order valence-corrected chi connectivity index (χ0v) is 19.2. The number of benzene rings is 2. The second-order valence-corrected chi connectivity index (χ2v) is 7.88. The number of fused-ring (bicyclic) bond motifs is 1. The molecule has 0 amide bonds. The number of hydrogen-bond acceptors (Lipinski definition) is 6. The van der Waals surface area contributed by atoms with Gasteiger partial charge in [-0.25, -0.2) is 14.3 Å². The zero-order chi connectivity index (χ0) is 24.4. The van der Waals surface area contributed by atoms with Crippen LogP contribution in [0.1, 0.15) is 26.4 Å².